The van der Waals surface area contributed by atoms with Crippen LogP contribution in [0.4, 0.5) is 18.9 Å². The van der Waals surface area contributed by atoms with E-state index in [9.17, 15) is 28.1 Å². The molecule has 2 aromatic rings. The van der Waals surface area contributed by atoms with Crippen LogP contribution in [0.15, 0.2) is 54.6 Å². The van der Waals surface area contributed by atoms with Gasteiger partial charge < -0.3 is 4.74 Å². The van der Waals surface area contributed by atoms with E-state index in [2.05, 4.69) is 4.74 Å². The molecule has 0 N–H and O–H groups in total. The molecule has 0 aliphatic heterocycles. The SMILES string of the molecule is O=C(/C=C/c1ccc(OCC(F)(F)F)cc1)c1ccc([N+](=O)[O-])cc1. The van der Waals surface area contributed by atoms with Crippen molar-refractivity contribution in [2.24, 2.45) is 0 Å². The minimum absolute atomic E-state index is 0.0659. The van der Waals surface area contributed by atoms with Gasteiger partial charge in [-0.3, -0.25) is 14.9 Å². The fourth-order valence-corrected chi connectivity index (χ4v) is 1.86. The van der Waals surface area contributed by atoms with Gasteiger partial charge in [0.1, 0.15) is 5.75 Å². The number of benzene rings is 2. The van der Waals surface area contributed by atoms with Gasteiger partial charge in [0, 0.05) is 17.7 Å². The molecule has 0 radical (unpaired) electrons. The number of ketones is 1. The number of halogens is 3. The summed E-state index contributed by atoms with van der Waals surface area (Å²) in [6.45, 7) is -1.37. The number of nitrogens with zero attached hydrogens (tertiary/aromatic N) is 1. The van der Waals surface area contributed by atoms with Crippen molar-refractivity contribution in [2.75, 3.05) is 6.61 Å². The molecule has 0 aromatic heterocycles. The van der Waals surface area contributed by atoms with Crippen molar-refractivity contribution in [2.45, 2.75) is 6.18 Å². The highest BCUT2D eigenvalue weighted by Gasteiger charge is 2.28. The Morgan fingerprint density at radius 2 is 1.68 bits per heavy atom. The number of ether oxygens (including phenoxy) is 1. The van der Waals surface area contributed by atoms with Crippen LogP contribution in [-0.4, -0.2) is 23.5 Å². The van der Waals surface area contributed by atoms with Gasteiger partial charge >= 0.3 is 6.18 Å². The Morgan fingerprint density at radius 3 is 2.20 bits per heavy atom. The Labute approximate surface area is 140 Å². The topological polar surface area (TPSA) is 69.4 Å². The van der Waals surface area contributed by atoms with E-state index in [1.165, 1.54) is 60.7 Å². The van der Waals surface area contributed by atoms with Gasteiger partial charge in [0.05, 0.1) is 4.92 Å². The number of carbonyl (C=O) groups excluding carboxylic acids is 1. The lowest BCUT2D eigenvalue weighted by atomic mass is 10.1. The third-order valence-corrected chi connectivity index (χ3v) is 3.07. The largest absolute Gasteiger partial charge is 0.484 e. The monoisotopic (exact) mass is 351 g/mol. The molecular formula is C17H12F3NO4. The molecule has 0 saturated heterocycles. The van der Waals surface area contributed by atoms with E-state index in [0.29, 0.717) is 5.56 Å². The first kappa shape index (κ1) is 18.2. The predicted octanol–water partition coefficient (Wildman–Crippen LogP) is 4.43. The summed E-state index contributed by atoms with van der Waals surface area (Å²) in [4.78, 5) is 22.0. The van der Waals surface area contributed by atoms with Crippen molar-refractivity contribution in [3.8, 4) is 5.75 Å². The van der Waals surface area contributed by atoms with Gasteiger partial charge in [-0.05, 0) is 35.9 Å². The molecule has 0 unspecified atom stereocenters. The first-order chi connectivity index (χ1) is 11.7. The zero-order chi connectivity index (χ0) is 18.4. The molecule has 0 heterocycles. The molecule has 0 amide bonds. The fourth-order valence-electron chi connectivity index (χ4n) is 1.86. The fraction of sp³-hybridized carbons (Fsp3) is 0.118. The number of non-ortho nitro benzene ring substituents is 1. The maximum absolute atomic E-state index is 12.0. The Bertz CT molecular complexity index is 781. The minimum Gasteiger partial charge on any atom is -0.484 e. The lowest BCUT2D eigenvalue weighted by Crippen LogP contribution is -2.19. The first-order valence-corrected chi connectivity index (χ1v) is 7.01. The lowest BCUT2D eigenvalue weighted by molar-refractivity contribution is -0.384. The molecule has 130 valence electrons. The van der Waals surface area contributed by atoms with Gasteiger partial charge in [-0.15, -0.1) is 0 Å². The van der Waals surface area contributed by atoms with Gasteiger partial charge in [-0.2, -0.15) is 13.2 Å². The van der Waals surface area contributed by atoms with Crippen LogP contribution in [0.5, 0.6) is 5.75 Å². The van der Waals surface area contributed by atoms with Gasteiger partial charge in [-0.25, -0.2) is 0 Å². The molecule has 0 atom stereocenters. The molecule has 8 heteroatoms. The number of hydrogen-bond donors (Lipinski definition) is 0. The molecule has 2 aromatic carbocycles. The van der Waals surface area contributed by atoms with Crippen LogP contribution in [0.2, 0.25) is 0 Å². The lowest BCUT2D eigenvalue weighted by Gasteiger charge is -2.08. The molecule has 0 aliphatic rings. The quantitative estimate of drug-likeness (QED) is 0.334. The van der Waals surface area contributed by atoms with Crippen molar-refractivity contribution in [1.29, 1.82) is 0 Å². The van der Waals surface area contributed by atoms with Crippen LogP contribution in [0.25, 0.3) is 6.08 Å². The second-order valence-electron chi connectivity index (χ2n) is 4.97. The molecule has 0 fully saturated rings. The van der Waals surface area contributed by atoms with E-state index < -0.39 is 17.7 Å². The number of alkyl halides is 3. The average Bonchev–Trinajstić information content (AvgIpc) is 2.58. The summed E-state index contributed by atoms with van der Waals surface area (Å²) < 4.78 is 40.7. The van der Waals surface area contributed by atoms with Crippen molar-refractivity contribution in [3.05, 3.63) is 75.8 Å². The van der Waals surface area contributed by atoms with Crippen molar-refractivity contribution < 1.29 is 27.6 Å². The Morgan fingerprint density at radius 1 is 1.08 bits per heavy atom. The second kappa shape index (κ2) is 7.61. The van der Waals surface area contributed by atoms with E-state index in [1.807, 2.05) is 0 Å². The average molecular weight is 351 g/mol. The summed E-state index contributed by atoms with van der Waals surface area (Å²) in [5.41, 5.74) is 0.761. The van der Waals surface area contributed by atoms with Gasteiger partial charge in [0.2, 0.25) is 0 Å². The maximum atomic E-state index is 12.0. The third kappa shape index (κ3) is 5.76. The number of nitro benzene ring substituents is 1. The van der Waals surface area contributed by atoms with E-state index in [0.717, 1.165) is 0 Å². The highest BCUT2D eigenvalue weighted by atomic mass is 19.4. The smallest absolute Gasteiger partial charge is 0.422 e. The molecule has 0 aliphatic carbocycles. The van der Waals surface area contributed by atoms with E-state index in [4.69, 9.17) is 0 Å². The first-order valence-electron chi connectivity index (χ1n) is 7.01. The zero-order valence-electron chi connectivity index (χ0n) is 12.7. The van der Waals surface area contributed by atoms with Crippen LogP contribution in [-0.2, 0) is 0 Å². The number of carbonyl (C=O) groups is 1. The van der Waals surface area contributed by atoms with Gasteiger partial charge in [0.15, 0.2) is 12.4 Å². The summed E-state index contributed by atoms with van der Waals surface area (Å²) in [6.07, 6.45) is -1.65. The van der Waals surface area contributed by atoms with Crippen molar-refractivity contribution >= 4 is 17.5 Å². The normalized spacial score (nSPS) is 11.5. The highest BCUT2D eigenvalue weighted by Crippen LogP contribution is 2.19. The third-order valence-electron chi connectivity index (χ3n) is 3.07. The summed E-state index contributed by atoms with van der Waals surface area (Å²) in [5, 5.41) is 10.6. The Kier molecular flexibility index (Phi) is 5.53. The van der Waals surface area contributed by atoms with Crippen molar-refractivity contribution in [1.82, 2.24) is 0 Å². The number of hydrogen-bond acceptors (Lipinski definition) is 4. The van der Waals surface area contributed by atoms with E-state index >= 15 is 0 Å². The second-order valence-corrected chi connectivity index (χ2v) is 4.97. The van der Waals surface area contributed by atoms with Crippen LogP contribution in [0.3, 0.4) is 0 Å². The van der Waals surface area contributed by atoms with Crippen LogP contribution in [0.1, 0.15) is 15.9 Å². The number of nitro groups is 1. The van der Waals surface area contributed by atoms with E-state index in [-0.39, 0.29) is 22.8 Å². The molecule has 5 nitrogen and oxygen atoms in total. The van der Waals surface area contributed by atoms with Gasteiger partial charge in [-0.1, -0.05) is 18.2 Å². The van der Waals surface area contributed by atoms with Crippen LogP contribution >= 0.6 is 0 Å². The maximum Gasteiger partial charge on any atom is 0.422 e. The zero-order valence-corrected chi connectivity index (χ0v) is 12.7. The van der Waals surface area contributed by atoms with E-state index in [1.54, 1.807) is 0 Å². The van der Waals surface area contributed by atoms with Crippen LogP contribution in [0, 0.1) is 10.1 Å². The number of allylic oxidation sites excluding steroid dienone is 1. The number of rotatable bonds is 6. The standard InChI is InChI=1S/C17H12F3NO4/c18-17(19,20)11-25-15-8-1-12(2-9-15)3-10-16(22)13-4-6-14(7-5-13)21(23)24/h1-10H,11H2/b10-3+. The summed E-state index contributed by atoms with van der Waals surface area (Å²) in [7, 11) is 0. The summed E-state index contributed by atoms with van der Waals surface area (Å²) >= 11 is 0. The molecule has 0 bridgehead atoms. The van der Waals surface area contributed by atoms with Crippen molar-refractivity contribution in [3.63, 3.8) is 0 Å². The predicted molar refractivity (Wildman–Crippen MR) is 84.5 cm³/mol. The van der Waals surface area contributed by atoms with Gasteiger partial charge in [0.25, 0.3) is 5.69 Å². The Hall–Kier alpha value is -3.16. The molecular weight excluding hydrogens is 339 g/mol. The van der Waals surface area contributed by atoms with Crippen LogP contribution < -0.4 is 4.74 Å². The molecule has 2 rings (SSSR count). The molecule has 0 spiro atoms. The summed E-state index contributed by atoms with van der Waals surface area (Å²) in [6, 6.07) is 10.9. The minimum atomic E-state index is -4.41. The summed E-state index contributed by atoms with van der Waals surface area (Å²) in [5.74, 6) is -0.288. The molecule has 0 saturated carbocycles. The Balaban J connectivity index is 1.98. The highest BCUT2D eigenvalue weighted by molar-refractivity contribution is 6.06. The molecule has 25 heavy (non-hydrogen) atoms.